The zero-order valence-electron chi connectivity index (χ0n) is 15.2. The molecule has 1 aliphatic rings. The van der Waals surface area contributed by atoms with Gasteiger partial charge in [0.1, 0.15) is 5.75 Å². The van der Waals surface area contributed by atoms with Crippen LogP contribution in [0.4, 0.5) is 0 Å². The lowest BCUT2D eigenvalue weighted by atomic mass is 9.63. The van der Waals surface area contributed by atoms with Crippen molar-refractivity contribution in [3.8, 4) is 5.75 Å². The fraction of sp³-hybridized carbons (Fsp3) is 0.455. The largest absolute Gasteiger partial charge is 0.508 e. The van der Waals surface area contributed by atoms with Gasteiger partial charge in [-0.05, 0) is 62.5 Å². The number of phenols is 1. The summed E-state index contributed by atoms with van der Waals surface area (Å²) in [6, 6.07) is 17.6. The van der Waals surface area contributed by atoms with Crippen molar-refractivity contribution in [2.24, 2.45) is 11.8 Å². The SMILES string of the molecule is CN(C)CC1CCCC(Cc2ccccc2)C1(O)c1cccc(O)c1. The van der Waals surface area contributed by atoms with Crippen molar-refractivity contribution in [3.63, 3.8) is 0 Å². The topological polar surface area (TPSA) is 43.7 Å². The van der Waals surface area contributed by atoms with Crippen LogP contribution in [0.1, 0.15) is 30.4 Å². The van der Waals surface area contributed by atoms with E-state index in [1.54, 1.807) is 12.1 Å². The summed E-state index contributed by atoms with van der Waals surface area (Å²) in [7, 11) is 4.12. The summed E-state index contributed by atoms with van der Waals surface area (Å²) >= 11 is 0. The van der Waals surface area contributed by atoms with Crippen LogP contribution in [-0.4, -0.2) is 35.8 Å². The van der Waals surface area contributed by atoms with Gasteiger partial charge in [-0.15, -0.1) is 0 Å². The third kappa shape index (κ3) is 3.88. The van der Waals surface area contributed by atoms with Gasteiger partial charge in [-0.3, -0.25) is 0 Å². The summed E-state index contributed by atoms with van der Waals surface area (Å²) in [6.07, 6.45) is 4.01. The molecule has 1 aliphatic carbocycles. The number of rotatable bonds is 5. The Labute approximate surface area is 150 Å². The molecule has 3 atom stereocenters. The van der Waals surface area contributed by atoms with E-state index in [-0.39, 0.29) is 17.6 Å². The van der Waals surface area contributed by atoms with E-state index in [0.29, 0.717) is 0 Å². The highest BCUT2D eigenvalue weighted by Crippen LogP contribution is 2.47. The average Bonchev–Trinajstić information content (AvgIpc) is 2.59. The smallest absolute Gasteiger partial charge is 0.115 e. The van der Waals surface area contributed by atoms with Crippen molar-refractivity contribution >= 4 is 0 Å². The Bertz CT molecular complexity index is 685. The highest BCUT2D eigenvalue weighted by Gasteiger charge is 2.47. The predicted octanol–water partition coefficient (Wildman–Crippen LogP) is 3.80. The van der Waals surface area contributed by atoms with Gasteiger partial charge in [-0.2, -0.15) is 0 Å². The summed E-state index contributed by atoms with van der Waals surface area (Å²) < 4.78 is 0. The standard InChI is InChI=1S/C22H29NO2/c1-23(2)16-20-12-6-10-18(14-17-8-4-3-5-9-17)22(20,25)19-11-7-13-21(24)15-19/h3-5,7-9,11,13,15,18,20,24-25H,6,10,12,14,16H2,1-2H3. The number of phenolic OH excluding ortho intramolecular Hbond substituents is 1. The van der Waals surface area contributed by atoms with Crippen LogP contribution in [0.3, 0.4) is 0 Å². The Hall–Kier alpha value is -1.84. The molecule has 0 bridgehead atoms. The monoisotopic (exact) mass is 339 g/mol. The van der Waals surface area contributed by atoms with E-state index in [1.165, 1.54) is 5.56 Å². The van der Waals surface area contributed by atoms with Gasteiger partial charge in [0, 0.05) is 12.5 Å². The highest BCUT2D eigenvalue weighted by molar-refractivity contribution is 5.33. The number of hydrogen-bond donors (Lipinski definition) is 2. The highest BCUT2D eigenvalue weighted by atomic mass is 16.3. The van der Waals surface area contributed by atoms with Crippen molar-refractivity contribution in [1.82, 2.24) is 4.90 Å². The van der Waals surface area contributed by atoms with Gasteiger partial charge in [0.25, 0.3) is 0 Å². The van der Waals surface area contributed by atoms with E-state index in [0.717, 1.165) is 37.8 Å². The second kappa shape index (κ2) is 7.59. The van der Waals surface area contributed by atoms with Gasteiger partial charge in [-0.1, -0.05) is 48.9 Å². The molecule has 0 spiro atoms. The van der Waals surface area contributed by atoms with Gasteiger partial charge in [0.15, 0.2) is 0 Å². The lowest BCUT2D eigenvalue weighted by Gasteiger charge is -2.47. The molecule has 2 aromatic rings. The quantitative estimate of drug-likeness (QED) is 0.871. The Morgan fingerprint density at radius 2 is 1.72 bits per heavy atom. The van der Waals surface area contributed by atoms with E-state index in [9.17, 15) is 10.2 Å². The van der Waals surface area contributed by atoms with Gasteiger partial charge in [-0.25, -0.2) is 0 Å². The zero-order chi connectivity index (χ0) is 17.9. The van der Waals surface area contributed by atoms with Crippen molar-refractivity contribution in [1.29, 1.82) is 0 Å². The van der Waals surface area contributed by atoms with Gasteiger partial charge < -0.3 is 15.1 Å². The first-order valence-electron chi connectivity index (χ1n) is 9.20. The average molecular weight is 339 g/mol. The van der Waals surface area contributed by atoms with Gasteiger partial charge >= 0.3 is 0 Å². The maximum atomic E-state index is 12.0. The molecule has 3 nitrogen and oxygen atoms in total. The molecule has 0 heterocycles. The normalized spacial score (nSPS) is 26.7. The van der Waals surface area contributed by atoms with E-state index in [2.05, 4.69) is 43.3 Å². The first-order valence-corrected chi connectivity index (χ1v) is 9.20. The second-order valence-corrected chi connectivity index (χ2v) is 7.65. The molecule has 0 aliphatic heterocycles. The Morgan fingerprint density at radius 3 is 2.40 bits per heavy atom. The van der Waals surface area contributed by atoms with Crippen LogP contribution in [0.15, 0.2) is 54.6 Å². The molecule has 2 N–H and O–H groups in total. The molecule has 1 saturated carbocycles. The van der Waals surface area contributed by atoms with Crippen LogP contribution in [0.5, 0.6) is 5.75 Å². The fourth-order valence-corrected chi connectivity index (χ4v) is 4.44. The Kier molecular flexibility index (Phi) is 5.45. The van der Waals surface area contributed by atoms with Crippen LogP contribution in [0, 0.1) is 11.8 Å². The lowest BCUT2D eigenvalue weighted by Crippen LogP contribution is -2.49. The first-order chi connectivity index (χ1) is 12.0. The van der Waals surface area contributed by atoms with Crippen LogP contribution < -0.4 is 0 Å². The van der Waals surface area contributed by atoms with Crippen molar-refractivity contribution in [2.75, 3.05) is 20.6 Å². The molecular formula is C22H29NO2. The van der Waals surface area contributed by atoms with Crippen LogP contribution >= 0.6 is 0 Å². The Morgan fingerprint density at radius 1 is 1.00 bits per heavy atom. The molecule has 2 aromatic carbocycles. The van der Waals surface area contributed by atoms with Gasteiger partial charge in [0.05, 0.1) is 5.60 Å². The summed E-state index contributed by atoms with van der Waals surface area (Å²) in [5.74, 6) is 0.528. The maximum absolute atomic E-state index is 12.0. The molecule has 25 heavy (non-hydrogen) atoms. The van der Waals surface area contributed by atoms with Crippen LogP contribution in [0.2, 0.25) is 0 Å². The summed E-state index contributed by atoms with van der Waals surface area (Å²) in [4.78, 5) is 2.16. The van der Waals surface area contributed by atoms with Crippen molar-refractivity contribution in [2.45, 2.75) is 31.3 Å². The minimum atomic E-state index is -0.920. The maximum Gasteiger partial charge on any atom is 0.115 e. The van der Waals surface area contributed by atoms with E-state index in [4.69, 9.17) is 0 Å². The molecule has 3 unspecified atom stereocenters. The minimum absolute atomic E-state index is 0.149. The summed E-state index contributed by atoms with van der Waals surface area (Å²) in [5.41, 5.74) is 1.19. The third-order valence-corrected chi connectivity index (χ3v) is 5.57. The van der Waals surface area contributed by atoms with E-state index >= 15 is 0 Å². The van der Waals surface area contributed by atoms with Crippen molar-refractivity contribution in [3.05, 3.63) is 65.7 Å². The molecule has 0 amide bonds. The number of hydrogen-bond acceptors (Lipinski definition) is 3. The fourth-order valence-electron chi connectivity index (χ4n) is 4.44. The number of benzene rings is 2. The van der Waals surface area contributed by atoms with Crippen molar-refractivity contribution < 1.29 is 10.2 Å². The Balaban J connectivity index is 1.99. The number of aliphatic hydroxyl groups is 1. The molecule has 3 rings (SSSR count). The predicted molar refractivity (Wildman–Crippen MR) is 102 cm³/mol. The number of aromatic hydroxyl groups is 1. The molecule has 134 valence electrons. The van der Waals surface area contributed by atoms with E-state index < -0.39 is 5.60 Å². The van der Waals surface area contributed by atoms with Crippen LogP contribution in [-0.2, 0) is 12.0 Å². The zero-order valence-corrected chi connectivity index (χ0v) is 15.2. The minimum Gasteiger partial charge on any atom is -0.508 e. The molecule has 0 saturated heterocycles. The molecule has 0 aromatic heterocycles. The van der Waals surface area contributed by atoms with Gasteiger partial charge in [0.2, 0.25) is 0 Å². The molecule has 1 fully saturated rings. The molecule has 3 heteroatoms. The first kappa shape index (κ1) is 18.0. The second-order valence-electron chi connectivity index (χ2n) is 7.65. The lowest BCUT2D eigenvalue weighted by molar-refractivity contribution is -0.107. The van der Waals surface area contributed by atoms with Crippen LogP contribution in [0.25, 0.3) is 0 Å². The molecular weight excluding hydrogens is 310 g/mol. The van der Waals surface area contributed by atoms with E-state index in [1.807, 2.05) is 18.2 Å². The molecule has 0 radical (unpaired) electrons. The number of nitrogens with zero attached hydrogens (tertiary/aromatic N) is 1. The third-order valence-electron chi connectivity index (χ3n) is 5.57. The summed E-state index contributed by atoms with van der Waals surface area (Å²) in [6.45, 7) is 0.845. The summed E-state index contributed by atoms with van der Waals surface area (Å²) in [5, 5.41) is 21.9.